The molecule has 1 aliphatic rings. The summed E-state index contributed by atoms with van der Waals surface area (Å²) in [5, 5.41) is 0.172. The Morgan fingerprint density at radius 2 is 2.18 bits per heavy atom. The molecule has 0 amide bonds. The first-order valence-electron chi connectivity index (χ1n) is 5.97. The van der Waals surface area contributed by atoms with Gasteiger partial charge in [0.15, 0.2) is 0 Å². The van der Waals surface area contributed by atoms with E-state index < -0.39 is 0 Å². The highest BCUT2D eigenvalue weighted by atomic mass is 35.5. The average molecular weight is 257 g/mol. The summed E-state index contributed by atoms with van der Waals surface area (Å²) in [6.45, 7) is 5.28. The van der Waals surface area contributed by atoms with Crippen molar-refractivity contribution in [3.05, 3.63) is 34.6 Å². The summed E-state index contributed by atoms with van der Waals surface area (Å²) >= 11 is 5.83. The molecule has 1 aliphatic heterocycles. The lowest BCUT2D eigenvalue weighted by Crippen LogP contribution is -2.35. The molecule has 0 bridgehead atoms. The van der Waals surface area contributed by atoms with E-state index in [-0.39, 0.29) is 22.9 Å². The molecular weight excluding hydrogens is 239 g/mol. The third kappa shape index (κ3) is 2.46. The van der Waals surface area contributed by atoms with Crippen molar-refractivity contribution in [2.75, 3.05) is 6.54 Å². The van der Waals surface area contributed by atoms with Crippen molar-refractivity contribution in [1.82, 2.24) is 4.90 Å². The molecule has 2 rings (SSSR count). The number of nitrogens with two attached hydrogens (primary N) is 1. The zero-order valence-electron chi connectivity index (χ0n) is 10.2. The maximum Gasteiger partial charge on any atom is 0.141 e. The highest BCUT2D eigenvalue weighted by molar-refractivity contribution is 6.30. The molecule has 94 valence electrons. The second-order valence-corrected chi connectivity index (χ2v) is 5.31. The summed E-state index contributed by atoms with van der Waals surface area (Å²) in [5.41, 5.74) is 7.16. The molecule has 2 atom stereocenters. The monoisotopic (exact) mass is 256 g/mol. The molecule has 4 heteroatoms. The van der Waals surface area contributed by atoms with Gasteiger partial charge >= 0.3 is 0 Å². The normalized spacial score (nSPS) is 25.8. The van der Waals surface area contributed by atoms with E-state index >= 15 is 0 Å². The van der Waals surface area contributed by atoms with Crippen molar-refractivity contribution < 1.29 is 4.39 Å². The molecule has 0 radical (unpaired) electrons. The average Bonchev–Trinajstić information content (AvgIpc) is 2.64. The highest BCUT2D eigenvalue weighted by Gasteiger charge is 2.34. The minimum absolute atomic E-state index is 0.0962. The van der Waals surface area contributed by atoms with Crippen LogP contribution in [0.5, 0.6) is 0 Å². The molecule has 0 aromatic heterocycles. The van der Waals surface area contributed by atoms with E-state index in [4.69, 9.17) is 17.3 Å². The molecular formula is C13H18ClFN2. The van der Waals surface area contributed by atoms with Crippen molar-refractivity contribution in [3.63, 3.8) is 0 Å². The summed E-state index contributed by atoms with van der Waals surface area (Å²) < 4.78 is 13.2. The van der Waals surface area contributed by atoms with Gasteiger partial charge in [-0.3, -0.25) is 4.90 Å². The summed E-state index contributed by atoms with van der Waals surface area (Å²) in [6, 6.07) is 5.57. The Bertz CT molecular complexity index is 408. The summed E-state index contributed by atoms with van der Waals surface area (Å²) in [4.78, 5) is 2.34. The van der Waals surface area contributed by atoms with E-state index in [1.54, 1.807) is 12.1 Å². The number of benzene rings is 1. The Kier molecular flexibility index (Phi) is 3.71. The van der Waals surface area contributed by atoms with Crippen molar-refractivity contribution in [2.24, 2.45) is 5.73 Å². The molecule has 0 saturated carbocycles. The van der Waals surface area contributed by atoms with Crippen LogP contribution in [0, 0.1) is 5.82 Å². The van der Waals surface area contributed by atoms with Crippen LogP contribution in [0.1, 0.15) is 31.9 Å². The van der Waals surface area contributed by atoms with Crippen LogP contribution in [-0.2, 0) is 0 Å². The fourth-order valence-corrected chi connectivity index (χ4v) is 2.74. The van der Waals surface area contributed by atoms with Gasteiger partial charge in [-0.05, 0) is 38.0 Å². The van der Waals surface area contributed by atoms with E-state index in [1.165, 1.54) is 6.07 Å². The molecule has 2 unspecified atom stereocenters. The smallest absolute Gasteiger partial charge is 0.141 e. The number of rotatable bonds is 2. The molecule has 1 aromatic rings. The van der Waals surface area contributed by atoms with Gasteiger partial charge in [0.25, 0.3) is 0 Å². The molecule has 1 aromatic carbocycles. The summed E-state index contributed by atoms with van der Waals surface area (Å²) in [7, 11) is 0. The van der Waals surface area contributed by atoms with Crippen molar-refractivity contribution >= 4 is 11.6 Å². The van der Waals surface area contributed by atoms with Crippen LogP contribution in [0.25, 0.3) is 0 Å². The molecule has 1 saturated heterocycles. The number of hydrogen-bond donors (Lipinski definition) is 1. The maximum absolute atomic E-state index is 13.2. The van der Waals surface area contributed by atoms with Gasteiger partial charge in [-0.25, -0.2) is 4.39 Å². The molecule has 2 N–H and O–H groups in total. The first-order chi connectivity index (χ1) is 8.00. The van der Waals surface area contributed by atoms with Crippen molar-refractivity contribution in [2.45, 2.75) is 38.4 Å². The lowest BCUT2D eigenvalue weighted by Gasteiger charge is -2.30. The summed E-state index contributed by atoms with van der Waals surface area (Å²) in [6.07, 6.45) is 0.970. The number of hydrogen-bond acceptors (Lipinski definition) is 2. The lowest BCUT2D eigenvalue weighted by molar-refractivity contribution is 0.198. The van der Waals surface area contributed by atoms with Crippen LogP contribution in [0.4, 0.5) is 4.39 Å². The zero-order valence-corrected chi connectivity index (χ0v) is 10.9. The van der Waals surface area contributed by atoms with Crippen LogP contribution in [0.3, 0.4) is 0 Å². The molecule has 1 heterocycles. The second kappa shape index (κ2) is 4.92. The van der Waals surface area contributed by atoms with Gasteiger partial charge in [-0.15, -0.1) is 0 Å². The third-order valence-electron chi connectivity index (χ3n) is 3.43. The van der Waals surface area contributed by atoms with Gasteiger partial charge in [0.2, 0.25) is 0 Å². The quantitative estimate of drug-likeness (QED) is 0.882. The minimum atomic E-state index is -0.377. The van der Waals surface area contributed by atoms with Gasteiger partial charge in [0, 0.05) is 18.6 Å². The Balaban J connectivity index is 2.33. The van der Waals surface area contributed by atoms with Crippen LogP contribution in [0.15, 0.2) is 18.2 Å². The number of likely N-dealkylation sites (tertiary alicyclic amines) is 1. The second-order valence-electron chi connectivity index (χ2n) is 4.90. The predicted octanol–water partition coefficient (Wildman–Crippen LogP) is 2.96. The minimum Gasteiger partial charge on any atom is -0.326 e. The number of nitrogens with zero attached hydrogens (tertiary/aromatic N) is 1. The van der Waals surface area contributed by atoms with E-state index in [9.17, 15) is 4.39 Å². The SMILES string of the molecule is CC(C)N1CCC(N)C1c1ccc(F)c(Cl)c1. The Morgan fingerprint density at radius 1 is 1.47 bits per heavy atom. The molecule has 0 spiro atoms. The summed E-state index contributed by atoms with van der Waals surface area (Å²) in [5.74, 6) is -0.377. The third-order valence-corrected chi connectivity index (χ3v) is 3.72. The lowest BCUT2D eigenvalue weighted by atomic mass is 10.00. The van der Waals surface area contributed by atoms with Crippen molar-refractivity contribution in [3.8, 4) is 0 Å². The van der Waals surface area contributed by atoms with E-state index in [1.807, 2.05) is 0 Å². The fourth-order valence-electron chi connectivity index (χ4n) is 2.56. The molecule has 0 aliphatic carbocycles. The largest absolute Gasteiger partial charge is 0.326 e. The van der Waals surface area contributed by atoms with E-state index in [0.717, 1.165) is 18.5 Å². The predicted molar refractivity (Wildman–Crippen MR) is 68.6 cm³/mol. The van der Waals surface area contributed by atoms with Crippen LogP contribution in [-0.4, -0.2) is 23.5 Å². The topological polar surface area (TPSA) is 29.3 Å². The van der Waals surface area contributed by atoms with E-state index in [0.29, 0.717) is 6.04 Å². The molecule has 1 fully saturated rings. The standard InChI is InChI=1S/C13H18ClFN2/c1-8(2)17-6-5-12(16)13(17)9-3-4-11(15)10(14)7-9/h3-4,7-8,12-13H,5-6,16H2,1-2H3. The Labute approximate surface area is 107 Å². The fraction of sp³-hybridized carbons (Fsp3) is 0.538. The maximum atomic E-state index is 13.2. The van der Waals surface area contributed by atoms with Crippen molar-refractivity contribution in [1.29, 1.82) is 0 Å². The zero-order chi connectivity index (χ0) is 12.6. The van der Waals surface area contributed by atoms with Gasteiger partial charge in [0.1, 0.15) is 5.82 Å². The molecule has 17 heavy (non-hydrogen) atoms. The van der Waals surface area contributed by atoms with Gasteiger partial charge in [0.05, 0.1) is 11.1 Å². The number of halogens is 2. The first kappa shape index (κ1) is 12.8. The first-order valence-corrected chi connectivity index (χ1v) is 6.34. The van der Waals surface area contributed by atoms with Gasteiger partial charge in [-0.1, -0.05) is 17.7 Å². The Hall–Kier alpha value is -0.640. The van der Waals surface area contributed by atoms with E-state index in [2.05, 4.69) is 18.7 Å². The van der Waals surface area contributed by atoms with Crippen LogP contribution in [0.2, 0.25) is 5.02 Å². The molecule has 2 nitrogen and oxygen atoms in total. The van der Waals surface area contributed by atoms with Gasteiger partial charge in [-0.2, -0.15) is 0 Å². The highest BCUT2D eigenvalue weighted by Crippen LogP contribution is 2.34. The van der Waals surface area contributed by atoms with Crippen LogP contribution >= 0.6 is 11.6 Å². The Morgan fingerprint density at radius 3 is 2.76 bits per heavy atom. The van der Waals surface area contributed by atoms with Crippen LogP contribution < -0.4 is 5.73 Å². The van der Waals surface area contributed by atoms with Gasteiger partial charge < -0.3 is 5.73 Å².